The molecule has 0 aliphatic heterocycles. The highest BCUT2D eigenvalue weighted by atomic mass is 16.4. The second kappa shape index (κ2) is 3.33. The Morgan fingerprint density at radius 1 is 1.31 bits per heavy atom. The molecule has 0 amide bonds. The predicted molar refractivity (Wildman–Crippen MR) is 44.1 cm³/mol. The highest BCUT2D eigenvalue weighted by molar-refractivity contribution is 5.86. The van der Waals surface area contributed by atoms with Crippen LogP contribution in [0.2, 0.25) is 0 Å². The number of aliphatic carboxylic acids is 2. The van der Waals surface area contributed by atoms with E-state index in [9.17, 15) is 9.59 Å². The van der Waals surface area contributed by atoms with Crippen molar-refractivity contribution in [1.82, 2.24) is 0 Å². The van der Waals surface area contributed by atoms with Gasteiger partial charge in [0.1, 0.15) is 5.54 Å². The molecule has 0 aromatic rings. The van der Waals surface area contributed by atoms with Gasteiger partial charge in [-0.15, -0.1) is 0 Å². The van der Waals surface area contributed by atoms with E-state index in [2.05, 4.69) is 0 Å². The van der Waals surface area contributed by atoms with Gasteiger partial charge < -0.3 is 15.9 Å². The van der Waals surface area contributed by atoms with E-state index in [4.69, 9.17) is 15.9 Å². The molecule has 0 aromatic heterocycles. The van der Waals surface area contributed by atoms with Crippen LogP contribution in [-0.4, -0.2) is 27.7 Å². The van der Waals surface area contributed by atoms with Gasteiger partial charge >= 0.3 is 11.9 Å². The fourth-order valence-electron chi connectivity index (χ4n) is 1.80. The Labute approximate surface area is 75.5 Å². The smallest absolute Gasteiger partial charge is 0.324 e. The van der Waals surface area contributed by atoms with Gasteiger partial charge in [0.05, 0.1) is 5.92 Å². The third-order valence-electron chi connectivity index (χ3n) is 2.65. The molecule has 2 atom stereocenters. The minimum absolute atomic E-state index is 0.249. The van der Waals surface area contributed by atoms with Crippen LogP contribution < -0.4 is 5.73 Å². The lowest BCUT2D eigenvalue weighted by Gasteiger charge is -2.34. The third-order valence-corrected chi connectivity index (χ3v) is 2.65. The summed E-state index contributed by atoms with van der Waals surface area (Å²) in [5.74, 6) is -3.26. The van der Waals surface area contributed by atoms with Gasteiger partial charge in [-0.3, -0.25) is 9.59 Å². The molecule has 1 aliphatic carbocycles. The Morgan fingerprint density at radius 2 is 1.92 bits per heavy atom. The number of carbonyl (C=O) groups is 2. The van der Waals surface area contributed by atoms with Crippen molar-refractivity contribution in [2.24, 2.45) is 11.7 Å². The van der Waals surface area contributed by atoms with Crippen LogP contribution >= 0.6 is 0 Å². The highest BCUT2D eigenvalue weighted by Crippen LogP contribution is 2.32. The summed E-state index contributed by atoms with van der Waals surface area (Å²) in [7, 11) is 0. The van der Waals surface area contributed by atoms with E-state index in [1.807, 2.05) is 0 Å². The van der Waals surface area contributed by atoms with Crippen LogP contribution in [-0.2, 0) is 9.59 Å². The summed E-state index contributed by atoms with van der Waals surface area (Å²) < 4.78 is 0. The van der Waals surface area contributed by atoms with Crippen LogP contribution in [0.15, 0.2) is 0 Å². The van der Waals surface area contributed by atoms with E-state index in [-0.39, 0.29) is 6.42 Å². The molecule has 13 heavy (non-hydrogen) atoms. The molecular weight excluding hydrogens is 174 g/mol. The van der Waals surface area contributed by atoms with Crippen molar-refractivity contribution in [1.29, 1.82) is 0 Å². The number of nitrogens with two attached hydrogens (primary N) is 1. The maximum Gasteiger partial charge on any atom is 0.324 e. The summed E-state index contributed by atoms with van der Waals surface area (Å²) >= 11 is 0. The van der Waals surface area contributed by atoms with E-state index in [0.29, 0.717) is 12.8 Å². The summed E-state index contributed by atoms with van der Waals surface area (Å²) in [5, 5.41) is 17.6. The predicted octanol–water partition coefficient (Wildman–Crippen LogP) is 0.0433. The number of rotatable bonds is 2. The summed E-state index contributed by atoms with van der Waals surface area (Å²) in [6, 6.07) is 0. The Morgan fingerprint density at radius 3 is 2.31 bits per heavy atom. The fourth-order valence-corrected chi connectivity index (χ4v) is 1.80. The number of hydrogen-bond acceptors (Lipinski definition) is 3. The zero-order valence-corrected chi connectivity index (χ0v) is 7.19. The molecule has 1 saturated carbocycles. The first kappa shape index (κ1) is 9.98. The van der Waals surface area contributed by atoms with Gasteiger partial charge in [-0.1, -0.05) is 12.8 Å². The molecule has 0 bridgehead atoms. The van der Waals surface area contributed by atoms with Crippen LogP contribution in [0.5, 0.6) is 0 Å². The van der Waals surface area contributed by atoms with Crippen LogP contribution in [0.25, 0.3) is 0 Å². The normalized spacial score (nSPS) is 34.1. The molecular formula is C8H13NO4. The monoisotopic (exact) mass is 187 g/mol. The van der Waals surface area contributed by atoms with Crippen LogP contribution in [0.3, 0.4) is 0 Å². The van der Waals surface area contributed by atoms with Crippen molar-refractivity contribution in [2.75, 3.05) is 0 Å². The molecule has 1 aliphatic rings. The van der Waals surface area contributed by atoms with Gasteiger partial charge in [0.2, 0.25) is 0 Å². The second-order valence-electron chi connectivity index (χ2n) is 3.48. The quantitative estimate of drug-likeness (QED) is 0.566. The molecule has 0 saturated heterocycles. The van der Waals surface area contributed by atoms with Crippen molar-refractivity contribution in [2.45, 2.75) is 31.2 Å². The van der Waals surface area contributed by atoms with Crippen molar-refractivity contribution < 1.29 is 19.8 Å². The first-order chi connectivity index (χ1) is 5.98. The van der Waals surface area contributed by atoms with Crippen LogP contribution in [0.1, 0.15) is 25.7 Å². The molecule has 1 fully saturated rings. The van der Waals surface area contributed by atoms with Gasteiger partial charge in [0.15, 0.2) is 0 Å². The van der Waals surface area contributed by atoms with E-state index in [1.165, 1.54) is 0 Å². The molecule has 4 N–H and O–H groups in total. The third kappa shape index (κ3) is 1.65. The van der Waals surface area contributed by atoms with Crippen LogP contribution in [0.4, 0.5) is 0 Å². The largest absolute Gasteiger partial charge is 0.481 e. The number of carboxylic acid groups (broad SMARTS) is 2. The lowest BCUT2D eigenvalue weighted by molar-refractivity contribution is -0.157. The van der Waals surface area contributed by atoms with Crippen molar-refractivity contribution in [3.63, 3.8) is 0 Å². The SMILES string of the molecule is N[C@@]1(C(=O)O)CCCC[C@H]1C(=O)O. The summed E-state index contributed by atoms with van der Waals surface area (Å²) in [6.07, 6.45) is 2.03. The summed E-state index contributed by atoms with van der Waals surface area (Å²) in [6.45, 7) is 0. The van der Waals surface area contributed by atoms with E-state index in [0.717, 1.165) is 6.42 Å². The number of hydrogen-bond donors (Lipinski definition) is 3. The Kier molecular flexibility index (Phi) is 2.56. The average Bonchev–Trinajstić information content (AvgIpc) is 2.04. The highest BCUT2D eigenvalue weighted by Gasteiger charge is 2.47. The first-order valence-electron chi connectivity index (χ1n) is 4.23. The van der Waals surface area contributed by atoms with Gasteiger partial charge in [-0.25, -0.2) is 0 Å². The van der Waals surface area contributed by atoms with Crippen LogP contribution in [0, 0.1) is 5.92 Å². The van der Waals surface area contributed by atoms with Crippen molar-refractivity contribution in [3.8, 4) is 0 Å². The average molecular weight is 187 g/mol. The number of carboxylic acids is 2. The Bertz CT molecular complexity index is 240. The first-order valence-corrected chi connectivity index (χ1v) is 4.23. The summed E-state index contributed by atoms with van der Waals surface area (Å²) in [4.78, 5) is 21.5. The van der Waals surface area contributed by atoms with Gasteiger partial charge in [0.25, 0.3) is 0 Å². The fraction of sp³-hybridized carbons (Fsp3) is 0.750. The zero-order valence-electron chi connectivity index (χ0n) is 7.19. The van der Waals surface area contributed by atoms with E-state index < -0.39 is 23.4 Å². The molecule has 0 heterocycles. The molecule has 0 radical (unpaired) electrons. The maximum absolute atomic E-state index is 10.8. The maximum atomic E-state index is 10.8. The van der Waals surface area contributed by atoms with Gasteiger partial charge in [-0.05, 0) is 12.8 Å². The molecule has 0 aromatic carbocycles. The standard InChI is InChI=1S/C8H13NO4/c9-8(7(12)13)4-2-1-3-5(8)6(10)11/h5H,1-4,9H2,(H,10,11)(H,12,13)/t5-,8-/m0/s1. The minimum Gasteiger partial charge on any atom is -0.481 e. The molecule has 5 nitrogen and oxygen atoms in total. The topological polar surface area (TPSA) is 101 Å². The minimum atomic E-state index is -1.57. The van der Waals surface area contributed by atoms with E-state index >= 15 is 0 Å². The second-order valence-corrected chi connectivity index (χ2v) is 3.48. The Balaban J connectivity index is 2.89. The molecule has 0 spiro atoms. The molecule has 74 valence electrons. The van der Waals surface area contributed by atoms with Gasteiger partial charge in [-0.2, -0.15) is 0 Å². The molecule has 0 unspecified atom stereocenters. The van der Waals surface area contributed by atoms with Gasteiger partial charge in [0, 0.05) is 0 Å². The molecule has 5 heteroatoms. The lowest BCUT2D eigenvalue weighted by Crippen LogP contribution is -2.58. The zero-order chi connectivity index (χ0) is 10.1. The summed E-state index contributed by atoms with van der Waals surface area (Å²) in [5.41, 5.74) is 4.00. The van der Waals surface area contributed by atoms with E-state index in [1.54, 1.807) is 0 Å². The van der Waals surface area contributed by atoms with Crippen molar-refractivity contribution >= 4 is 11.9 Å². The lowest BCUT2D eigenvalue weighted by atomic mass is 9.73. The van der Waals surface area contributed by atoms with Crippen molar-refractivity contribution in [3.05, 3.63) is 0 Å². The Hall–Kier alpha value is -1.10. The molecule has 1 rings (SSSR count).